The maximum absolute atomic E-state index is 12.3. The van der Waals surface area contributed by atoms with Crippen molar-refractivity contribution in [1.29, 1.82) is 0 Å². The van der Waals surface area contributed by atoms with Crippen LogP contribution in [0.25, 0.3) is 0 Å². The molecule has 21 heavy (non-hydrogen) atoms. The molecule has 3 rings (SSSR count). The number of ketones is 1. The third-order valence-electron chi connectivity index (χ3n) is 3.06. The number of carbonyl (C=O) groups excluding carboxylic acids is 1. The van der Waals surface area contributed by atoms with Gasteiger partial charge in [-0.2, -0.15) is 0 Å². The molecule has 0 unspecified atom stereocenters. The number of hydrogen-bond donors (Lipinski definition) is 1. The second-order valence-electron chi connectivity index (χ2n) is 4.55. The highest BCUT2D eigenvalue weighted by molar-refractivity contribution is 6.10. The number of hydrogen-bond acceptors (Lipinski definition) is 5. The Labute approximate surface area is 121 Å². The molecule has 2 N–H and O–H groups in total. The number of aromatic nitrogens is 4. The lowest BCUT2D eigenvalue weighted by molar-refractivity contribution is 0.103. The lowest BCUT2D eigenvalue weighted by atomic mass is 10.1. The van der Waals surface area contributed by atoms with Crippen LogP contribution < -0.4 is 5.73 Å². The Hall–Kier alpha value is -3.02. The summed E-state index contributed by atoms with van der Waals surface area (Å²) in [5.74, 6) is -0.0136. The van der Waals surface area contributed by atoms with E-state index in [0.29, 0.717) is 17.8 Å². The van der Waals surface area contributed by atoms with Gasteiger partial charge in [0, 0.05) is 31.3 Å². The molecule has 104 valence electrons. The van der Waals surface area contributed by atoms with Crippen molar-refractivity contribution >= 4 is 11.6 Å². The van der Waals surface area contributed by atoms with Gasteiger partial charge in [0.2, 0.25) is 5.78 Å². The monoisotopic (exact) mass is 279 g/mol. The minimum absolute atomic E-state index is 0.214. The second-order valence-corrected chi connectivity index (χ2v) is 4.55. The molecule has 0 spiro atoms. The molecule has 0 aliphatic rings. The van der Waals surface area contributed by atoms with Crippen molar-refractivity contribution in [3.05, 3.63) is 72.2 Å². The predicted octanol–water partition coefficient (Wildman–Crippen LogP) is 1.53. The summed E-state index contributed by atoms with van der Waals surface area (Å²) in [6.45, 7) is 0.630. The first-order valence-corrected chi connectivity index (χ1v) is 6.40. The van der Waals surface area contributed by atoms with Crippen LogP contribution >= 0.6 is 0 Å². The van der Waals surface area contributed by atoms with Crippen LogP contribution in [0.5, 0.6) is 0 Å². The molecule has 6 nitrogen and oxygen atoms in total. The maximum Gasteiger partial charge on any atom is 0.216 e. The summed E-state index contributed by atoms with van der Waals surface area (Å²) in [5, 5.41) is 0. The first-order chi connectivity index (χ1) is 10.2. The third-order valence-corrected chi connectivity index (χ3v) is 3.06. The van der Waals surface area contributed by atoms with Crippen molar-refractivity contribution in [3.8, 4) is 0 Å². The maximum atomic E-state index is 12.3. The van der Waals surface area contributed by atoms with Crippen LogP contribution in [-0.2, 0) is 6.54 Å². The SMILES string of the molecule is Nc1ncccc1C(=O)c1cn(Cc2ccncc2)cn1. The standard InChI is InChI=1S/C15H13N5O/c16-15-12(2-1-5-18-15)14(21)13-9-20(10-19-13)8-11-3-6-17-7-4-11/h1-7,9-10H,8H2,(H2,16,18). The molecule has 3 heterocycles. The van der Waals surface area contributed by atoms with Crippen LogP contribution in [0.2, 0.25) is 0 Å². The van der Waals surface area contributed by atoms with Gasteiger partial charge in [-0.1, -0.05) is 0 Å². The van der Waals surface area contributed by atoms with Crippen LogP contribution in [0.3, 0.4) is 0 Å². The minimum Gasteiger partial charge on any atom is -0.383 e. The molecule has 0 bridgehead atoms. The number of nitrogens with two attached hydrogens (primary N) is 1. The molecule has 0 fully saturated rings. The van der Waals surface area contributed by atoms with E-state index in [0.717, 1.165) is 5.56 Å². The van der Waals surface area contributed by atoms with E-state index in [1.165, 1.54) is 0 Å². The Bertz CT molecular complexity index is 766. The van der Waals surface area contributed by atoms with Crippen molar-refractivity contribution in [1.82, 2.24) is 19.5 Å². The average Bonchev–Trinajstić information content (AvgIpc) is 2.97. The molecule has 3 aromatic heterocycles. The normalized spacial score (nSPS) is 10.5. The number of rotatable bonds is 4. The topological polar surface area (TPSA) is 86.7 Å². The second kappa shape index (κ2) is 5.54. The molecule has 6 heteroatoms. The molecule has 0 aromatic carbocycles. The lowest BCUT2D eigenvalue weighted by Crippen LogP contribution is -2.07. The molecule has 0 aliphatic carbocycles. The zero-order chi connectivity index (χ0) is 14.7. The van der Waals surface area contributed by atoms with Crippen LogP contribution in [0.4, 0.5) is 5.82 Å². The summed E-state index contributed by atoms with van der Waals surface area (Å²) in [5.41, 5.74) is 7.52. The van der Waals surface area contributed by atoms with Crippen LogP contribution in [0, 0.1) is 0 Å². The lowest BCUT2D eigenvalue weighted by Gasteiger charge is -2.02. The highest BCUT2D eigenvalue weighted by Gasteiger charge is 2.15. The fourth-order valence-electron chi connectivity index (χ4n) is 2.01. The number of imidazole rings is 1. The Morgan fingerprint density at radius 1 is 1.14 bits per heavy atom. The highest BCUT2D eigenvalue weighted by Crippen LogP contribution is 2.13. The van der Waals surface area contributed by atoms with Crippen molar-refractivity contribution in [2.24, 2.45) is 0 Å². The molecular formula is C15H13N5O. The van der Waals surface area contributed by atoms with Gasteiger partial charge in [-0.3, -0.25) is 9.78 Å². The van der Waals surface area contributed by atoms with E-state index in [-0.39, 0.29) is 11.6 Å². The van der Waals surface area contributed by atoms with E-state index in [9.17, 15) is 4.79 Å². The van der Waals surface area contributed by atoms with Gasteiger partial charge in [0.1, 0.15) is 11.5 Å². The predicted molar refractivity (Wildman–Crippen MR) is 77.6 cm³/mol. The Kier molecular flexibility index (Phi) is 3.42. The fourth-order valence-corrected chi connectivity index (χ4v) is 2.01. The zero-order valence-corrected chi connectivity index (χ0v) is 11.2. The van der Waals surface area contributed by atoms with Crippen LogP contribution in [0.15, 0.2) is 55.4 Å². The van der Waals surface area contributed by atoms with E-state index >= 15 is 0 Å². The first-order valence-electron chi connectivity index (χ1n) is 6.40. The zero-order valence-electron chi connectivity index (χ0n) is 11.2. The number of pyridine rings is 2. The summed E-state index contributed by atoms with van der Waals surface area (Å²) >= 11 is 0. The van der Waals surface area contributed by atoms with E-state index in [2.05, 4.69) is 15.0 Å². The largest absolute Gasteiger partial charge is 0.383 e. The van der Waals surface area contributed by atoms with Gasteiger partial charge < -0.3 is 10.3 Å². The molecule has 0 aliphatic heterocycles. The van der Waals surface area contributed by atoms with Crippen molar-refractivity contribution in [2.75, 3.05) is 5.73 Å². The van der Waals surface area contributed by atoms with Gasteiger partial charge in [0.05, 0.1) is 11.9 Å². The van der Waals surface area contributed by atoms with Gasteiger partial charge in [-0.15, -0.1) is 0 Å². The molecule has 0 atom stereocenters. The number of nitrogens with zero attached hydrogens (tertiary/aromatic N) is 4. The van der Waals surface area contributed by atoms with Gasteiger partial charge in [0.25, 0.3) is 0 Å². The Morgan fingerprint density at radius 2 is 1.95 bits per heavy atom. The summed E-state index contributed by atoms with van der Waals surface area (Å²) < 4.78 is 1.84. The van der Waals surface area contributed by atoms with E-state index < -0.39 is 0 Å². The fraction of sp³-hybridized carbons (Fsp3) is 0.0667. The van der Waals surface area contributed by atoms with E-state index in [4.69, 9.17) is 5.73 Å². The number of carbonyl (C=O) groups is 1. The molecule has 0 radical (unpaired) electrons. The summed E-state index contributed by atoms with van der Waals surface area (Å²) in [6, 6.07) is 7.16. The quantitative estimate of drug-likeness (QED) is 0.732. The first kappa shape index (κ1) is 13.0. The van der Waals surface area contributed by atoms with Gasteiger partial charge in [-0.05, 0) is 29.8 Å². The van der Waals surface area contributed by atoms with Crippen molar-refractivity contribution < 1.29 is 4.79 Å². The molecule has 0 saturated carbocycles. The summed E-state index contributed by atoms with van der Waals surface area (Å²) in [7, 11) is 0. The molecule has 0 saturated heterocycles. The van der Waals surface area contributed by atoms with E-state index in [1.807, 2.05) is 16.7 Å². The number of anilines is 1. The van der Waals surface area contributed by atoms with Gasteiger partial charge in [0.15, 0.2) is 0 Å². The van der Waals surface area contributed by atoms with Gasteiger partial charge in [-0.25, -0.2) is 9.97 Å². The smallest absolute Gasteiger partial charge is 0.216 e. The van der Waals surface area contributed by atoms with Crippen molar-refractivity contribution in [2.45, 2.75) is 6.54 Å². The minimum atomic E-state index is -0.228. The van der Waals surface area contributed by atoms with Crippen LogP contribution in [-0.4, -0.2) is 25.3 Å². The summed E-state index contributed by atoms with van der Waals surface area (Å²) in [4.78, 5) is 24.4. The van der Waals surface area contributed by atoms with Crippen molar-refractivity contribution in [3.63, 3.8) is 0 Å². The average molecular weight is 279 g/mol. The highest BCUT2D eigenvalue weighted by atomic mass is 16.1. The number of nitrogen functional groups attached to an aromatic ring is 1. The van der Waals surface area contributed by atoms with E-state index in [1.54, 1.807) is 43.2 Å². The molecule has 3 aromatic rings. The molecule has 0 amide bonds. The van der Waals surface area contributed by atoms with Gasteiger partial charge >= 0.3 is 0 Å². The van der Waals surface area contributed by atoms with Crippen LogP contribution in [0.1, 0.15) is 21.6 Å². The third kappa shape index (κ3) is 2.79. The molecular weight excluding hydrogens is 266 g/mol. The summed E-state index contributed by atoms with van der Waals surface area (Å²) in [6.07, 6.45) is 8.34. The Balaban J connectivity index is 1.82. The Morgan fingerprint density at radius 3 is 2.71 bits per heavy atom.